The Kier molecular flexibility index (Phi) is 2.23. The van der Waals surface area contributed by atoms with Crippen molar-refractivity contribution >= 4 is 17.5 Å². The molecule has 1 aromatic rings. The molecule has 0 unspecified atom stereocenters. The summed E-state index contributed by atoms with van der Waals surface area (Å²) < 4.78 is 1.97. The summed E-state index contributed by atoms with van der Waals surface area (Å²) in [6, 6.07) is 2.16. The number of rotatable bonds is 2. The fourth-order valence-electron chi connectivity index (χ4n) is 2.05. The molecule has 1 aliphatic heterocycles. The Bertz CT molecular complexity index is 433. The van der Waals surface area contributed by atoms with E-state index in [4.69, 9.17) is 11.6 Å². The maximum Gasteiger partial charge on any atom is 0.270 e. The van der Waals surface area contributed by atoms with Gasteiger partial charge in [0.1, 0.15) is 5.69 Å². The Morgan fingerprint density at radius 1 is 1.44 bits per heavy atom. The fourth-order valence-corrected chi connectivity index (χ4v) is 2.26. The quantitative estimate of drug-likeness (QED) is 0.847. The smallest absolute Gasteiger partial charge is 0.270 e. The number of aromatic nitrogens is 1. The van der Waals surface area contributed by atoms with Crippen LogP contribution >= 0.6 is 11.6 Å². The van der Waals surface area contributed by atoms with Gasteiger partial charge in [0.05, 0.1) is 11.1 Å². The Labute approximate surface area is 98.4 Å². The lowest BCUT2D eigenvalue weighted by Crippen LogP contribution is -2.53. The van der Waals surface area contributed by atoms with Gasteiger partial charge in [0.25, 0.3) is 5.91 Å². The molecule has 0 spiro atoms. The summed E-state index contributed by atoms with van der Waals surface area (Å²) in [6.45, 7) is 0.874. The minimum Gasteiger partial charge on any atom is -0.389 e. The van der Waals surface area contributed by atoms with Crippen molar-refractivity contribution in [3.8, 4) is 0 Å². The highest BCUT2D eigenvalue weighted by molar-refractivity contribution is 6.31. The lowest BCUT2D eigenvalue weighted by atomic mass is 10.1. The largest absolute Gasteiger partial charge is 0.389 e. The highest BCUT2D eigenvalue weighted by Gasteiger charge is 2.34. The van der Waals surface area contributed by atoms with Crippen LogP contribution in [0.2, 0.25) is 5.02 Å². The number of hydrogen-bond acceptors (Lipinski definition) is 2. The number of carbonyl (C=O) groups is 1. The molecule has 86 valence electrons. The molecular weight excluding hydrogens is 228 g/mol. The predicted molar refractivity (Wildman–Crippen MR) is 59.6 cm³/mol. The number of β-amino-alcohol motifs (C(OH)–C–C–N with tert-alkyl or cyclic N) is 1. The lowest BCUT2D eigenvalue weighted by molar-refractivity contribution is 0.00518. The minimum atomic E-state index is -0.358. The highest BCUT2D eigenvalue weighted by atomic mass is 35.5. The van der Waals surface area contributed by atoms with Gasteiger partial charge in [-0.2, -0.15) is 0 Å². The van der Waals surface area contributed by atoms with Gasteiger partial charge in [-0.3, -0.25) is 4.79 Å². The minimum absolute atomic E-state index is 0.0240. The molecule has 1 saturated carbocycles. The van der Waals surface area contributed by atoms with E-state index in [0.717, 1.165) is 12.8 Å². The van der Waals surface area contributed by atoms with E-state index >= 15 is 0 Å². The Balaban J connectivity index is 1.84. The molecule has 1 aliphatic carbocycles. The summed E-state index contributed by atoms with van der Waals surface area (Å²) in [5.41, 5.74) is 0.652. The molecule has 1 N–H and O–H groups in total. The molecule has 0 aromatic carbocycles. The molecule has 2 heterocycles. The first-order valence-electron chi connectivity index (χ1n) is 5.50. The normalized spacial score (nSPS) is 21.0. The third kappa shape index (κ3) is 1.62. The van der Waals surface area contributed by atoms with Gasteiger partial charge in [-0.05, 0) is 18.9 Å². The van der Waals surface area contributed by atoms with Gasteiger partial charge in [-0.25, -0.2) is 0 Å². The maximum atomic E-state index is 12.1. The highest BCUT2D eigenvalue weighted by Crippen LogP contribution is 2.37. The van der Waals surface area contributed by atoms with E-state index in [1.54, 1.807) is 11.0 Å². The number of halogens is 1. The molecule has 16 heavy (non-hydrogen) atoms. The zero-order valence-electron chi connectivity index (χ0n) is 8.77. The summed E-state index contributed by atoms with van der Waals surface area (Å²) in [4.78, 5) is 13.7. The second-order valence-corrected chi connectivity index (χ2v) is 4.98. The zero-order chi connectivity index (χ0) is 11.3. The Morgan fingerprint density at radius 2 is 2.12 bits per heavy atom. The van der Waals surface area contributed by atoms with E-state index in [1.165, 1.54) is 0 Å². The van der Waals surface area contributed by atoms with E-state index in [0.29, 0.717) is 29.8 Å². The molecule has 4 nitrogen and oxygen atoms in total. The summed E-state index contributed by atoms with van der Waals surface area (Å²) in [5.74, 6) is -0.0240. The van der Waals surface area contributed by atoms with Crippen LogP contribution in [0.5, 0.6) is 0 Å². The van der Waals surface area contributed by atoms with Crippen molar-refractivity contribution in [2.45, 2.75) is 25.0 Å². The number of amides is 1. The molecule has 0 radical (unpaired) electrons. The summed E-state index contributed by atoms with van der Waals surface area (Å²) in [6.07, 6.45) is 3.70. The van der Waals surface area contributed by atoms with Gasteiger partial charge < -0.3 is 14.6 Å². The fraction of sp³-hybridized carbons (Fsp3) is 0.545. The second kappa shape index (κ2) is 3.50. The molecule has 0 bridgehead atoms. The lowest BCUT2D eigenvalue weighted by Gasteiger charge is -2.35. The molecule has 1 saturated heterocycles. The van der Waals surface area contributed by atoms with Crippen LogP contribution in [0.4, 0.5) is 0 Å². The summed E-state index contributed by atoms with van der Waals surface area (Å²) in [7, 11) is 0. The van der Waals surface area contributed by atoms with E-state index in [-0.39, 0.29) is 12.0 Å². The topological polar surface area (TPSA) is 45.5 Å². The molecule has 1 amide bonds. The molecule has 5 heteroatoms. The van der Waals surface area contributed by atoms with E-state index in [1.807, 2.05) is 10.8 Å². The van der Waals surface area contributed by atoms with E-state index in [2.05, 4.69) is 0 Å². The van der Waals surface area contributed by atoms with Crippen LogP contribution in [0.15, 0.2) is 12.3 Å². The van der Waals surface area contributed by atoms with Gasteiger partial charge in [0.2, 0.25) is 0 Å². The van der Waals surface area contributed by atoms with Crippen molar-refractivity contribution in [2.24, 2.45) is 0 Å². The monoisotopic (exact) mass is 240 g/mol. The third-order valence-corrected chi connectivity index (χ3v) is 3.33. The number of aliphatic hydroxyl groups excluding tert-OH is 1. The summed E-state index contributed by atoms with van der Waals surface area (Å²) in [5, 5.41) is 9.79. The molecule has 0 atom stereocenters. The van der Waals surface area contributed by atoms with Gasteiger partial charge in [0, 0.05) is 25.3 Å². The molecule has 1 aromatic heterocycles. The van der Waals surface area contributed by atoms with Crippen molar-refractivity contribution in [3.05, 3.63) is 23.0 Å². The van der Waals surface area contributed by atoms with Crippen LogP contribution in [0.3, 0.4) is 0 Å². The van der Waals surface area contributed by atoms with E-state index < -0.39 is 0 Å². The van der Waals surface area contributed by atoms with Crippen LogP contribution in [-0.4, -0.2) is 39.7 Å². The van der Waals surface area contributed by atoms with Crippen LogP contribution in [0.1, 0.15) is 29.4 Å². The number of hydrogen-bond donors (Lipinski definition) is 1. The molecule has 2 fully saturated rings. The average Bonchev–Trinajstić information content (AvgIpc) is 2.97. The van der Waals surface area contributed by atoms with Crippen molar-refractivity contribution in [2.75, 3.05) is 13.1 Å². The first-order chi connectivity index (χ1) is 7.65. The van der Waals surface area contributed by atoms with Crippen LogP contribution in [-0.2, 0) is 0 Å². The molecule has 3 rings (SSSR count). The van der Waals surface area contributed by atoms with Crippen molar-refractivity contribution in [1.82, 2.24) is 9.47 Å². The number of aliphatic hydroxyl groups is 1. The van der Waals surface area contributed by atoms with Gasteiger partial charge in [-0.1, -0.05) is 11.6 Å². The van der Waals surface area contributed by atoms with Crippen molar-refractivity contribution < 1.29 is 9.90 Å². The van der Waals surface area contributed by atoms with Crippen LogP contribution in [0, 0.1) is 0 Å². The van der Waals surface area contributed by atoms with Gasteiger partial charge >= 0.3 is 0 Å². The predicted octanol–water partition coefficient (Wildman–Crippen LogP) is 1.29. The zero-order valence-corrected chi connectivity index (χ0v) is 9.52. The maximum absolute atomic E-state index is 12.1. The Morgan fingerprint density at radius 3 is 2.69 bits per heavy atom. The summed E-state index contributed by atoms with van der Waals surface area (Å²) >= 11 is 5.94. The van der Waals surface area contributed by atoms with Crippen LogP contribution < -0.4 is 0 Å². The first kappa shape index (κ1) is 10.2. The van der Waals surface area contributed by atoms with Gasteiger partial charge in [0.15, 0.2) is 0 Å². The molecule has 2 aliphatic rings. The van der Waals surface area contributed by atoms with Crippen molar-refractivity contribution in [3.63, 3.8) is 0 Å². The first-order valence-corrected chi connectivity index (χ1v) is 5.87. The van der Waals surface area contributed by atoms with Crippen molar-refractivity contribution in [1.29, 1.82) is 0 Å². The van der Waals surface area contributed by atoms with E-state index in [9.17, 15) is 9.90 Å². The number of nitrogens with zero attached hydrogens (tertiary/aromatic N) is 2. The molecular formula is C11H13ClN2O2. The third-order valence-electron chi connectivity index (χ3n) is 3.12. The van der Waals surface area contributed by atoms with Crippen LogP contribution in [0.25, 0.3) is 0 Å². The van der Waals surface area contributed by atoms with Gasteiger partial charge in [-0.15, -0.1) is 0 Å². The Hall–Kier alpha value is -1.00. The second-order valence-electron chi connectivity index (χ2n) is 4.55. The standard InChI is InChI=1S/C11H13ClN2O2/c12-7-3-10(14(4-7)8-1-2-8)11(16)13-5-9(15)6-13/h3-4,8-9,15H,1-2,5-6H2. The number of carbonyl (C=O) groups excluding carboxylic acids is 1. The average molecular weight is 241 g/mol. The number of likely N-dealkylation sites (tertiary alicyclic amines) is 1. The SMILES string of the molecule is O=C(c1cc(Cl)cn1C1CC1)N1CC(O)C1.